The van der Waals surface area contributed by atoms with Crippen LogP contribution < -0.4 is 0 Å². The highest BCUT2D eigenvalue weighted by atomic mass is 35.5. The zero-order valence-electron chi connectivity index (χ0n) is 14.0. The van der Waals surface area contributed by atoms with Crippen molar-refractivity contribution < 1.29 is 9.53 Å². The number of esters is 1. The molecule has 4 heteroatoms. The Morgan fingerprint density at radius 1 is 0.917 bits per heavy atom. The maximum atomic E-state index is 12.8. The molecular weight excluding hydrogens is 343 g/mol. The first-order valence-electron chi connectivity index (χ1n) is 8.27. The van der Waals surface area contributed by atoms with Crippen molar-refractivity contribution >= 4 is 29.2 Å². The van der Waals surface area contributed by atoms with Gasteiger partial charge in [0.15, 0.2) is 0 Å². The Kier molecular flexibility index (Phi) is 6.70. The van der Waals surface area contributed by atoms with Gasteiger partial charge in [-0.3, -0.25) is 0 Å². The summed E-state index contributed by atoms with van der Waals surface area (Å²) in [7, 11) is 0. The van der Waals surface area contributed by atoms with Crippen LogP contribution in [0.15, 0.2) is 48.5 Å². The van der Waals surface area contributed by atoms with Gasteiger partial charge in [-0.15, -0.1) is 0 Å². The number of benzene rings is 2. The SMILES string of the molecule is CCCC(CCC)(OC(=O)c1c(Cl)cccc1Cl)c1ccccc1. The summed E-state index contributed by atoms with van der Waals surface area (Å²) in [6.45, 7) is 4.17. The first-order valence-corrected chi connectivity index (χ1v) is 9.02. The van der Waals surface area contributed by atoms with Gasteiger partial charge in [-0.2, -0.15) is 0 Å². The predicted molar refractivity (Wildman–Crippen MR) is 99.8 cm³/mol. The number of rotatable bonds is 7. The van der Waals surface area contributed by atoms with Crippen LogP contribution in [-0.4, -0.2) is 5.97 Å². The van der Waals surface area contributed by atoms with Crippen molar-refractivity contribution in [2.24, 2.45) is 0 Å². The Morgan fingerprint density at radius 3 is 1.96 bits per heavy atom. The van der Waals surface area contributed by atoms with E-state index < -0.39 is 11.6 Å². The van der Waals surface area contributed by atoms with Gasteiger partial charge in [0.2, 0.25) is 0 Å². The first-order chi connectivity index (χ1) is 11.5. The van der Waals surface area contributed by atoms with Gasteiger partial charge in [-0.1, -0.05) is 86.3 Å². The summed E-state index contributed by atoms with van der Waals surface area (Å²) in [6.07, 6.45) is 3.30. The molecule has 0 aliphatic rings. The molecule has 0 unspecified atom stereocenters. The highest BCUT2D eigenvalue weighted by Crippen LogP contribution is 2.38. The molecule has 0 aliphatic heterocycles. The summed E-state index contributed by atoms with van der Waals surface area (Å²) in [6, 6.07) is 14.9. The zero-order valence-corrected chi connectivity index (χ0v) is 15.5. The minimum absolute atomic E-state index is 0.230. The third-order valence-electron chi connectivity index (χ3n) is 4.06. The van der Waals surface area contributed by atoms with Crippen LogP contribution in [0.1, 0.15) is 55.5 Å². The lowest BCUT2D eigenvalue weighted by Gasteiger charge is -2.34. The molecule has 0 aliphatic carbocycles. The molecule has 2 nitrogen and oxygen atoms in total. The van der Waals surface area contributed by atoms with Crippen LogP contribution in [0.4, 0.5) is 0 Å². The van der Waals surface area contributed by atoms with Gasteiger partial charge >= 0.3 is 5.97 Å². The molecule has 2 aromatic rings. The number of halogens is 2. The van der Waals surface area contributed by atoms with E-state index in [4.69, 9.17) is 27.9 Å². The van der Waals surface area contributed by atoms with Gasteiger partial charge in [0.05, 0.1) is 15.6 Å². The monoisotopic (exact) mass is 364 g/mol. The van der Waals surface area contributed by atoms with Gasteiger partial charge in [0, 0.05) is 0 Å². The van der Waals surface area contributed by atoms with E-state index in [1.54, 1.807) is 18.2 Å². The molecule has 2 rings (SSSR count). The average Bonchev–Trinajstić information content (AvgIpc) is 2.56. The minimum Gasteiger partial charge on any atom is -0.451 e. The van der Waals surface area contributed by atoms with Crippen LogP contribution in [0, 0.1) is 0 Å². The molecule has 0 fully saturated rings. The molecule has 0 saturated carbocycles. The van der Waals surface area contributed by atoms with Crippen molar-refractivity contribution in [1.82, 2.24) is 0 Å². The summed E-state index contributed by atoms with van der Waals surface area (Å²) in [5.41, 5.74) is 0.572. The normalized spacial score (nSPS) is 11.3. The fraction of sp³-hybridized carbons (Fsp3) is 0.350. The van der Waals surface area contributed by atoms with Crippen LogP contribution in [0.3, 0.4) is 0 Å². The van der Waals surface area contributed by atoms with E-state index in [1.165, 1.54) is 0 Å². The van der Waals surface area contributed by atoms with E-state index in [0.717, 1.165) is 31.2 Å². The largest absolute Gasteiger partial charge is 0.451 e. The van der Waals surface area contributed by atoms with E-state index in [1.807, 2.05) is 30.3 Å². The number of ether oxygens (including phenoxy) is 1. The van der Waals surface area contributed by atoms with Gasteiger partial charge in [0.1, 0.15) is 5.60 Å². The van der Waals surface area contributed by atoms with Crippen molar-refractivity contribution in [1.29, 1.82) is 0 Å². The van der Waals surface area contributed by atoms with Crippen molar-refractivity contribution in [3.05, 3.63) is 69.7 Å². The van der Waals surface area contributed by atoms with Crippen molar-refractivity contribution in [3.63, 3.8) is 0 Å². The Bertz CT molecular complexity index is 657. The second-order valence-corrected chi connectivity index (χ2v) is 6.66. The standard InChI is InChI=1S/C20H22Cl2O2/c1-3-13-20(14-4-2,15-9-6-5-7-10-15)24-19(23)18-16(21)11-8-12-17(18)22/h5-12H,3-4,13-14H2,1-2H3. The number of hydrogen-bond acceptors (Lipinski definition) is 2. The van der Waals surface area contributed by atoms with Gasteiger partial charge in [-0.05, 0) is 30.5 Å². The molecule has 2 aromatic carbocycles. The molecule has 0 saturated heterocycles. The first kappa shape index (κ1) is 18.8. The molecule has 128 valence electrons. The molecule has 0 radical (unpaired) electrons. The lowest BCUT2D eigenvalue weighted by atomic mass is 9.85. The fourth-order valence-corrected chi connectivity index (χ4v) is 3.60. The summed E-state index contributed by atoms with van der Waals surface area (Å²) in [4.78, 5) is 12.8. The van der Waals surface area contributed by atoms with Gasteiger partial charge in [-0.25, -0.2) is 4.79 Å². The van der Waals surface area contributed by atoms with Crippen LogP contribution in [0.5, 0.6) is 0 Å². The second-order valence-electron chi connectivity index (χ2n) is 5.85. The van der Waals surface area contributed by atoms with Crippen LogP contribution in [-0.2, 0) is 10.3 Å². The lowest BCUT2D eigenvalue weighted by molar-refractivity contribution is -0.0320. The smallest absolute Gasteiger partial charge is 0.342 e. The summed E-state index contributed by atoms with van der Waals surface area (Å²) >= 11 is 12.3. The average molecular weight is 365 g/mol. The molecule has 0 atom stereocenters. The van der Waals surface area contributed by atoms with Crippen LogP contribution >= 0.6 is 23.2 Å². The van der Waals surface area contributed by atoms with E-state index in [0.29, 0.717) is 10.0 Å². The Morgan fingerprint density at radius 2 is 1.46 bits per heavy atom. The highest BCUT2D eigenvalue weighted by Gasteiger charge is 2.36. The predicted octanol–water partition coefficient (Wildman–Crippen LogP) is 6.65. The quantitative estimate of drug-likeness (QED) is 0.514. The summed E-state index contributed by atoms with van der Waals surface area (Å²) in [5, 5.41) is 0.616. The van der Waals surface area contributed by atoms with E-state index in [2.05, 4.69) is 13.8 Å². The molecule has 0 heterocycles. The summed E-state index contributed by atoms with van der Waals surface area (Å²) < 4.78 is 6.04. The maximum absolute atomic E-state index is 12.8. The minimum atomic E-state index is -0.662. The zero-order chi connectivity index (χ0) is 17.6. The van der Waals surface area contributed by atoms with Crippen molar-refractivity contribution in [3.8, 4) is 0 Å². The van der Waals surface area contributed by atoms with Crippen LogP contribution in [0.2, 0.25) is 10.0 Å². The Hall–Kier alpha value is -1.51. The Labute approximate surface area is 153 Å². The fourth-order valence-electron chi connectivity index (χ4n) is 3.05. The topological polar surface area (TPSA) is 26.3 Å². The van der Waals surface area contributed by atoms with Crippen molar-refractivity contribution in [2.45, 2.75) is 45.1 Å². The van der Waals surface area contributed by atoms with Crippen molar-refractivity contribution in [2.75, 3.05) is 0 Å². The molecule has 0 spiro atoms. The number of hydrogen-bond donors (Lipinski definition) is 0. The van der Waals surface area contributed by atoms with E-state index in [-0.39, 0.29) is 5.56 Å². The highest BCUT2D eigenvalue weighted by molar-refractivity contribution is 6.39. The summed E-state index contributed by atoms with van der Waals surface area (Å²) in [5.74, 6) is -0.476. The van der Waals surface area contributed by atoms with Gasteiger partial charge in [0.25, 0.3) is 0 Å². The second kappa shape index (κ2) is 8.55. The molecule has 0 bridgehead atoms. The van der Waals surface area contributed by atoms with Gasteiger partial charge < -0.3 is 4.74 Å². The van der Waals surface area contributed by atoms with Crippen LogP contribution in [0.25, 0.3) is 0 Å². The lowest BCUT2D eigenvalue weighted by Crippen LogP contribution is -2.32. The Balaban J connectivity index is 2.43. The van der Waals surface area contributed by atoms with E-state index in [9.17, 15) is 4.79 Å². The molecule has 24 heavy (non-hydrogen) atoms. The maximum Gasteiger partial charge on any atom is 0.342 e. The van der Waals surface area contributed by atoms with E-state index >= 15 is 0 Å². The molecule has 0 aromatic heterocycles. The third-order valence-corrected chi connectivity index (χ3v) is 4.69. The number of carbonyl (C=O) groups excluding carboxylic acids is 1. The number of carbonyl (C=O) groups is 1. The molecular formula is C20H22Cl2O2. The third kappa shape index (κ3) is 4.12. The molecule has 0 amide bonds. The molecule has 0 N–H and O–H groups in total.